The number of hydrogen-bond donors (Lipinski definition) is 2. The number of nitrogens with zero attached hydrogens (tertiary/aromatic N) is 1. The number of hydrogen-bond acceptors (Lipinski definition) is 4. The second-order valence-electron chi connectivity index (χ2n) is 4.12. The Labute approximate surface area is 101 Å². The number of rotatable bonds is 4. The van der Waals surface area contributed by atoms with Gasteiger partial charge in [-0.2, -0.15) is 0 Å². The highest BCUT2D eigenvalue weighted by Gasteiger charge is 2.34. The normalized spacial score (nSPS) is 22.1. The molecule has 0 aliphatic carbocycles. The van der Waals surface area contributed by atoms with Crippen molar-refractivity contribution in [2.75, 3.05) is 27.2 Å². The molecule has 2 atom stereocenters. The third-order valence-corrected chi connectivity index (χ3v) is 3.11. The number of nitrogens with two attached hydrogens (primary N) is 1. The molecule has 1 heterocycles. The van der Waals surface area contributed by atoms with Gasteiger partial charge in [0.15, 0.2) is 0 Å². The highest BCUT2D eigenvalue weighted by molar-refractivity contribution is 5.89. The van der Waals surface area contributed by atoms with E-state index in [2.05, 4.69) is 5.32 Å². The lowest BCUT2D eigenvalue weighted by Gasteiger charge is -2.36. The highest BCUT2D eigenvalue weighted by Crippen LogP contribution is 2.18. The zero-order chi connectivity index (χ0) is 12.8. The number of nitrogens with one attached hydrogen (secondary N) is 1. The zero-order valence-electron chi connectivity index (χ0n) is 10.4. The third kappa shape index (κ3) is 3.17. The fourth-order valence-corrected chi connectivity index (χ4v) is 2.12. The van der Waals surface area contributed by atoms with Gasteiger partial charge < -0.3 is 20.7 Å². The van der Waals surface area contributed by atoms with Gasteiger partial charge in [-0.25, -0.2) is 0 Å². The SMILES string of the molecule is CNC(=O)C1CCCCN1C(=O)C(CN)OC. The Balaban J connectivity index is 2.76. The van der Waals surface area contributed by atoms with Crippen molar-refractivity contribution < 1.29 is 14.3 Å². The summed E-state index contributed by atoms with van der Waals surface area (Å²) in [6.07, 6.45) is 1.93. The largest absolute Gasteiger partial charge is 0.370 e. The van der Waals surface area contributed by atoms with Crippen molar-refractivity contribution in [1.82, 2.24) is 10.2 Å². The number of likely N-dealkylation sites (N-methyl/N-ethyl adjacent to an activating group) is 1. The van der Waals surface area contributed by atoms with Crippen LogP contribution in [0.2, 0.25) is 0 Å². The Morgan fingerprint density at radius 2 is 2.24 bits per heavy atom. The van der Waals surface area contributed by atoms with Crippen molar-refractivity contribution in [3.63, 3.8) is 0 Å². The molecule has 1 aliphatic rings. The molecule has 2 unspecified atom stereocenters. The summed E-state index contributed by atoms with van der Waals surface area (Å²) < 4.78 is 5.03. The summed E-state index contributed by atoms with van der Waals surface area (Å²) in [6, 6.07) is -0.384. The Morgan fingerprint density at radius 3 is 2.76 bits per heavy atom. The average Bonchev–Trinajstić information content (AvgIpc) is 2.39. The van der Waals surface area contributed by atoms with Crippen LogP contribution in [0.5, 0.6) is 0 Å². The van der Waals surface area contributed by atoms with Gasteiger partial charge >= 0.3 is 0 Å². The molecule has 6 heteroatoms. The van der Waals surface area contributed by atoms with Crippen LogP contribution in [0.15, 0.2) is 0 Å². The Hall–Kier alpha value is -1.14. The van der Waals surface area contributed by atoms with Gasteiger partial charge in [-0.15, -0.1) is 0 Å². The van der Waals surface area contributed by atoms with Crippen molar-refractivity contribution in [2.24, 2.45) is 5.73 Å². The topological polar surface area (TPSA) is 84.7 Å². The molecule has 0 saturated carbocycles. The van der Waals surface area contributed by atoms with Crippen LogP contribution in [0.1, 0.15) is 19.3 Å². The van der Waals surface area contributed by atoms with Gasteiger partial charge in [-0.05, 0) is 19.3 Å². The van der Waals surface area contributed by atoms with E-state index in [4.69, 9.17) is 10.5 Å². The first kappa shape index (κ1) is 13.9. The van der Waals surface area contributed by atoms with Crippen LogP contribution in [0.3, 0.4) is 0 Å². The van der Waals surface area contributed by atoms with E-state index in [9.17, 15) is 9.59 Å². The third-order valence-electron chi connectivity index (χ3n) is 3.11. The second kappa shape index (κ2) is 6.56. The predicted octanol–water partition coefficient (Wildman–Crippen LogP) is -0.913. The van der Waals surface area contributed by atoms with Gasteiger partial charge in [0.2, 0.25) is 5.91 Å². The van der Waals surface area contributed by atoms with E-state index in [1.54, 1.807) is 11.9 Å². The lowest BCUT2D eigenvalue weighted by molar-refractivity contribution is -0.149. The summed E-state index contributed by atoms with van der Waals surface area (Å²) in [5, 5.41) is 2.59. The van der Waals surface area contributed by atoms with Crippen LogP contribution in [0.4, 0.5) is 0 Å². The van der Waals surface area contributed by atoms with Crippen LogP contribution in [0.25, 0.3) is 0 Å². The van der Waals surface area contributed by atoms with Crippen LogP contribution in [0, 0.1) is 0 Å². The smallest absolute Gasteiger partial charge is 0.253 e. The van der Waals surface area contributed by atoms with Gasteiger partial charge in [-0.1, -0.05) is 0 Å². The molecule has 0 spiro atoms. The van der Waals surface area contributed by atoms with Gasteiger partial charge in [0, 0.05) is 27.2 Å². The van der Waals surface area contributed by atoms with Crippen LogP contribution in [-0.4, -0.2) is 56.1 Å². The van der Waals surface area contributed by atoms with E-state index in [0.717, 1.165) is 12.8 Å². The molecule has 1 aliphatic heterocycles. The molecule has 0 aromatic rings. The first-order chi connectivity index (χ1) is 8.15. The summed E-state index contributed by atoms with van der Waals surface area (Å²) in [4.78, 5) is 25.4. The maximum Gasteiger partial charge on any atom is 0.253 e. The molecule has 2 amide bonds. The van der Waals surface area contributed by atoms with E-state index in [-0.39, 0.29) is 24.4 Å². The lowest BCUT2D eigenvalue weighted by atomic mass is 10.0. The molecular weight excluding hydrogens is 222 g/mol. The monoisotopic (exact) mass is 243 g/mol. The van der Waals surface area contributed by atoms with Crippen molar-refractivity contribution in [3.05, 3.63) is 0 Å². The van der Waals surface area contributed by atoms with E-state index in [1.807, 2.05) is 0 Å². The number of ether oxygens (including phenoxy) is 1. The maximum atomic E-state index is 12.1. The van der Waals surface area contributed by atoms with E-state index in [1.165, 1.54) is 7.11 Å². The number of methoxy groups -OCH3 is 1. The molecule has 0 radical (unpaired) electrons. The Morgan fingerprint density at radius 1 is 1.53 bits per heavy atom. The molecule has 6 nitrogen and oxygen atoms in total. The Bertz CT molecular complexity index is 279. The molecule has 1 saturated heterocycles. The minimum absolute atomic E-state index is 0.120. The average molecular weight is 243 g/mol. The quantitative estimate of drug-likeness (QED) is 0.669. The first-order valence-corrected chi connectivity index (χ1v) is 5.90. The van der Waals surface area contributed by atoms with Crippen LogP contribution >= 0.6 is 0 Å². The van der Waals surface area contributed by atoms with E-state index >= 15 is 0 Å². The molecular formula is C11H21N3O3. The summed E-state index contributed by atoms with van der Waals surface area (Å²) in [5.41, 5.74) is 5.47. The molecule has 1 fully saturated rings. The Kier molecular flexibility index (Phi) is 5.37. The highest BCUT2D eigenvalue weighted by atomic mass is 16.5. The molecule has 17 heavy (non-hydrogen) atoms. The van der Waals surface area contributed by atoms with Crippen molar-refractivity contribution >= 4 is 11.8 Å². The standard InChI is InChI=1S/C11H21N3O3/c1-13-10(15)8-5-3-4-6-14(8)11(16)9(7-12)17-2/h8-9H,3-7,12H2,1-2H3,(H,13,15). The van der Waals surface area contributed by atoms with Gasteiger partial charge in [0.25, 0.3) is 5.91 Å². The summed E-state index contributed by atoms with van der Waals surface area (Å²) in [7, 11) is 3.03. The second-order valence-corrected chi connectivity index (χ2v) is 4.12. The van der Waals surface area contributed by atoms with Gasteiger partial charge in [0.05, 0.1) is 0 Å². The fraction of sp³-hybridized carbons (Fsp3) is 0.818. The summed E-state index contributed by atoms with van der Waals surface area (Å²) in [5.74, 6) is -0.312. The van der Waals surface area contributed by atoms with Crippen molar-refractivity contribution in [1.29, 1.82) is 0 Å². The maximum absolute atomic E-state index is 12.1. The minimum Gasteiger partial charge on any atom is -0.370 e. The van der Waals surface area contributed by atoms with Crippen molar-refractivity contribution in [3.8, 4) is 0 Å². The van der Waals surface area contributed by atoms with E-state index in [0.29, 0.717) is 13.0 Å². The van der Waals surface area contributed by atoms with Gasteiger partial charge in [0.1, 0.15) is 12.1 Å². The summed E-state index contributed by atoms with van der Waals surface area (Å²) >= 11 is 0. The number of carbonyl (C=O) groups is 2. The number of piperidine rings is 1. The molecule has 1 rings (SSSR count). The zero-order valence-corrected chi connectivity index (χ0v) is 10.4. The molecule has 3 N–H and O–H groups in total. The molecule has 0 aromatic heterocycles. The van der Waals surface area contributed by atoms with Crippen molar-refractivity contribution in [2.45, 2.75) is 31.4 Å². The molecule has 0 aromatic carbocycles. The van der Waals surface area contributed by atoms with Crippen LogP contribution in [-0.2, 0) is 14.3 Å². The molecule has 98 valence electrons. The summed E-state index contributed by atoms with van der Waals surface area (Å²) in [6.45, 7) is 0.725. The number of likely N-dealkylation sites (tertiary alicyclic amines) is 1. The number of amides is 2. The van der Waals surface area contributed by atoms with Crippen LogP contribution < -0.4 is 11.1 Å². The lowest BCUT2D eigenvalue weighted by Crippen LogP contribution is -2.55. The predicted molar refractivity (Wildman–Crippen MR) is 63.3 cm³/mol. The van der Waals surface area contributed by atoms with Gasteiger partial charge in [-0.3, -0.25) is 9.59 Å². The number of carbonyl (C=O) groups excluding carboxylic acids is 2. The minimum atomic E-state index is -0.653. The first-order valence-electron chi connectivity index (χ1n) is 5.90. The molecule has 0 bridgehead atoms. The van der Waals surface area contributed by atoms with E-state index < -0.39 is 6.10 Å². The fourth-order valence-electron chi connectivity index (χ4n) is 2.12.